The van der Waals surface area contributed by atoms with Gasteiger partial charge in [0.15, 0.2) is 0 Å². The molecule has 118 valence electrons. The molecule has 0 bridgehead atoms. The van der Waals surface area contributed by atoms with E-state index in [0.29, 0.717) is 11.4 Å². The fourth-order valence-corrected chi connectivity index (χ4v) is 1.89. The number of carbonyl (C=O) groups excluding carboxylic acids is 1. The van der Waals surface area contributed by atoms with Gasteiger partial charge in [-0.25, -0.2) is 4.79 Å². The first-order chi connectivity index (χ1) is 9.50. The van der Waals surface area contributed by atoms with Crippen LogP contribution in [0.3, 0.4) is 0 Å². The van der Waals surface area contributed by atoms with Crippen LogP contribution in [0.25, 0.3) is 0 Å². The van der Waals surface area contributed by atoms with Crippen molar-refractivity contribution < 1.29 is 14.3 Å². The summed E-state index contributed by atoms with van der Waals surface area (Å²) in [7, 11) is 1.56. The molecule has 0 aliphatic rings. The van der Waals surface area contributed by atoms with Gasteiger partial charge in [0.25, 0.3) is 0 Å². The summed E-state index contributed by atoms with van der Waals surface area (Å²) in [6.07, 6.45) is 0.212. The predicted molar refractivity (Wildman–Crippen MR) is 84.8 cm³/mol. The molecule has 21 heavy (non-hydrogen) atoms. The van der Waals surface area contributed by atoms with E-state index in [1.54, 1.807) is 13.2 Å². The molecule has 0 fully saturated rings. The van der Waals surface area contributed by atoms with E-state index in [1.807, 2.05) is 46.8 Å². The molecule has 0 aromatic heterocycles. The SMILES string of the molecule is COc1cc(CC(C)(C)N)ccc1NC(=O)OC(C)(C)C. The Kier molecular flexibility index (Phi) is 5.23. The van der Waals surface area contributed by atoms with Crippen molar-refractivity contribution in [3.05, 3.63) is 23.8 Å². The summed E-state index contributed by atoms with van der Waals surface area (Å²) in [6, 6.07) is 5.59. The van der Waals surface area contributed by atoms with E-state index < -0.39 is 11.7 Å². The van der Waals surface area contributed by atoms with Crippen LogP contribution in [0.2, 0.25) is 0 Å². The maximum absolute atomic E-state index is 11.8. The molecule has 0 aliphatic carbocycles. The molecule has 5 nitrogen and oxygen atoms in total. The van der Waals surface area contributed by atoms with E-state index in [2.05, 4.69) is 5.32 Å². The van der Waals surface area contributed by atoms with E-state index >= 15 is 0 Å². The standard InChI is InChI=1S/C16H26N2O3/c1-15(2,3)21-14(19)18-12-8-7-11(9-13(12)20-6)10-16(4,5)17/h7-9H,10,17H2,1-6H3,(H,18,19). The maximum atomic E-state index is 11.8. The molecular weight excluding hydrogens is 268 g/mol. The zero-order valence-electron chi connectivity index (χ0n) is 13.7. The van der Waals surface area contributed by atoms with Gasteiger partial charge in [-0.2, -0.15) is 0 Å². The van der Waals surface area contributed by atoms with Crippen molar-refractivity contribution in [2.24, 2.45) is 5.73 Å². The molecule has 0 saturated carbocycles. The largest absolute Gasteiger partial charge is 0.495 e. The van der Waals surface area contributed by atoms with Crippen molar-refractivity contribution in [3.63, 3.8) is 0 Å². The van der Waals surface area contributed by atoms with Crippen LogP contribution in [0, 0.1) is 0 Å². The Morgan fingerprint density at radius 3 is 2.33 bits per heavy atom. The Balaban J connectivity index is 2.87. The van der Waals surface area contributed by atoms with Gasteiger partial charge in [0, 0.05) is 5.54 Å². The Morgan fingerprint density at radius 1 is 1.24 bits per heavy atom. The molecule has 0 radical (unpaired) electrons. The predicted octanol–water partition coefficient (Wildman–Crippen LogP) is 3.32. The summed E-state index contributed by atoms with van der Waals surface area (Å²) in [6.45, 7) is 9.38. The quantitative estimate of drug-likeness (QED) is 0.893. The number of rotatable bonds is 4. The first kappa shape index (κ1) is 17.3. The van der Waals surface area contributed by atoms with E-state index in [1.165, 1.54) is 0 Å². The lowest BCUT2D eigenvalue weighted by atomic mass is 9.96. The Labute approximate surface area is 126 Å². The van der Waals surface area contributed by atoms with Gasteiger partial charge in [-0.1, -0.05) is 6.07 Å². The molecule has 0 atom stereocenters. The molecule has 0 saturated heterocycles. The normalized spacial score (nSPS) is 12.0. The van der Waals surface area contributed by atoms with E-state index in [0.717, 1.165) is 12.0 Å². The Bertz CT molecular complexity index is 499. The highest BCUT2D eigenvalue weighted by molar-refractivity contribution is 5.87. The monoisotopic (exact) mass is 294 g/mol. The minimum absolute atomic E-state index is 0.300. The van der Waals surface area contributed by atoms with E-state index in [9.17, 15) is 4.79 Å². The molecule has 0 unspecified atom stereocenters. The molecule has 0 aliphatic heterocycles. The fraction of sp³-hybridized carbons (Fsp3) is 0.562. The summed E-state index contributed by atoms with van der Waals surface area (Å²) in [5, 5.41) is 2.69. The first-order valence-corrected chi connectivity index (χ1v) is 6.96. The average Bonchev–Trinajstić information content (AvgIpc) is 2.26. The fourth-order valence-electron chi connectivity index (χ4n) is 1.89. The summed E-state index contributed by atoms with van der Waals surface area (Å²) in [5.74, 6) is 0.586. The molecule has 5 heteroatoms. The number of nitrogens with two attached hydrogens (primary N) is 1. The molecule has 1 rings (SSSR count). The molecule has 0 heterocycles. The van der Waals surface area contributed by atoms with Crippen LogP contribution >= 0.6 is 0 Å². The summed E-state index contributed by atoms with van der Waals surface area (Å²) in [5.41, 5.74) is 6.80. The van der Waals surface area contributed by atoms with Gasteiger partial charge in [-0.3, -0.25) is 5.32 Å². The lowest BCUT2D eigenvalue weighted by Gasteiger charge is -2.21. The third-order valence-electron chi connectivity index (χ3n) is 2.56. The Morgan fingerprint density at radius 2 is 1.86 bits per heavy atom. The zero-order chi connectivity index (χ0) is 16.3. The van der Waals surface area contributed by atoms with Crippen molar-refractivity contribution in [1.82, 2.24) is 0 Å². The molecule has 0 spiro atoms. The zero-order valence-corrected chi connectivity index (χ0v) is 13.7. The van der Waals surface area contributed by atoms with Gasteiger partial charge in [-0.15, -0.1) is 0 Å². The topological polar surface area (TPSA) is 73.6 Å². The van der Waals surface area contributed by atoms with Crippen molar-refractivity contribution in [2.45, 2.75) is 52.2 Å². The lowest BCUT2D eigenvalue weighted by molar-refractivity contribution is 0.0635. The van der Waals surface area contributed by atoms with Gasteiger partial charge in [0.2, 0.25) is 0 Å². The van der Waals surface area contributed by atoms with Crippen molar-refractivity contribution in [3.8, 4) is 5.75 Å². The highest BCUT2D eigenvalue weighted by Crippen LogP contribution is 2.27. The number of hydrogen-bond acceptors (Lipinski definition) is 4. The van der Waals surface area contributed by atoms with E-state index in [-0.39, 0.29) is 5.54 Å². The summed E-state index contributed by atoms with van der Waals surface area (Å²) in [4.78, 5) is 11.8. The highest BCUT2D eigenvalue weighted by Gasteiger charge is 2.18. The summed E-state index contributed by atoms with van der Waals surface area (Å²) >= 11 is 0. The lowest BCUT2D eigenvalue weighted by Crippen LogP contribution is -2.34. The second kappa shape index (κ2) is 6.35. The van der Waals surface area contributed by atoms with Crippen LogP contribution < -0.4 is 15.8 Å². The number of amides is 1. The first-order valence-electron chi connectivity index (χ1n) is 6.96. The van der Waals surface area contributed by atoms with Gasteiger partial charge < -0.3 is 15.2 Å². The summed E-state index contributed by atoms with van der Waals surface area (Å²) < 4.78 is 10.5. The molecule has 1 aromatic rings. The minimum atomic E-state index is -0.541. The molecule has 1 amide bonds. The van der Waals surface area contributed by atoms with Gasteiger partial charge in [0.05, 0.1) is 12.8 Å². The van der Waals surface area contributed by atoms with Crippen molar-refractivity contribution in [2.75, 3.05) is 12.4 Å². The minimum Gasteiger partial charge on any atom is -0.495 e. The molecule has 3 N–H and O–H groups in total. The van der Waals surface area contributed by atoms with Crippen molar-refractivity contribution >= 4 is 11.8 Å². The number of benzene rings is 1. The number of anilines is 1. The van der Waals surface area contributed by atoms with E-state index in [4.69, 9.17) is 15.2 Å². The molecule has 1 aromatic carbocycles. The van der Waals surface area contributed by atoms with Crippen LogP contribution in [0.4, 0.5) is 10.5 Å². The molecular formula is C16H26N2O3. The van der Waals surface area contributed by atoms with Crippen LogP contribution in [-0.4, -0.2) is 24.3 Å². The second-order valence-electron chi connectivity index (χ2n) is 6.83. The number of ether oxygens (including phenoxy) is 2. The number of hydrogen-bond donors (Lipinski definition) is 2. The second-order valence-corrected chi connectivity index (χ2v) is 6.83. The smallest absolute Gasteiger partial charge is 0.412 e. The van der Waals surface area contributed by atoms with Crippen LogP contribution in [0.5, 0.6) is 5.75 Å². The van der Waals surface area contributed by atoms with Crippen molar-refractivity contribution in [1.29, 1.82) is 0 Å². The van der Waals surface area contributed by atoms with Crippen LogP contribution in [0.15, 0.2) is 18.2 Å². The average molecular weight is 294 g/mol. The maximum Gasteiger partial charge on any atom is 0.412 e. The highest BCUT2D eigenvalue weighted by atomic mass is 16.6. The third-order valence-corrected chi connectivity index (χ3v) is 2.56. The van der Waals surface area contributed by atoms with Gasteiger partial charge in [-0.05, 0) is 58.7 Å². The van der Waals surface area contributed by atoms with Gasteiger partial charge in [0.1, 0.15) is 11.4 Å². The number of carbonyl (C=O) groups is 1. The Hall–Kier alpha value is -1.75. The van der Waals surface area contributed by atoms with Crippen LogP contribution in [0.1, 0.15) is 40.2 Å². The van der Waals surface area contributed by atoms with Gasteiger partial charge >= 0.3 is 6.09 Å². The van der Waals surface area contributed by atoms with Crippen LogP contribution in [-0.2, 0) is 11.2 Å². The number of methoxy groups -OCH3 is 1. The third kappa shape index (κ3) is 6.49. The number of nitrogens with one attached hydrogen (secondary N) is 1.